The molecule has 262 valence electrons. The molecule has 0 radical (unpaired) electrons. The van der Waals surface area contributed by atoms with Gasteiger partial charge in [-0.25, -0.2) is 0 Å². The Morgan fingerprint density at radius 2 is 0.509 bits per heavy atom. The Morgan fingerprint density at radius 1 is 0.218 bits per heavy atom. The maximum absolute atomic E-state index is 3.41. The van der Waals surface area contributed by atoms with Crippen molar-refractivity contribution < 1.29 is 0 Å². The van der Waals surface area contributed by atoms with E-state index in [9.17, 15) is 0 Å². The van der Waals surface area contributed by atoms with Crippen LogP contribution in [0.5, 0.6) is 0 Å². The first kappa shape index (κ1) is 34.2. The molecule has 2 nitrogen and oxygen atoms in total. The van der Waals surface area contributed by atoms with Crippen molar-refractivity contribution >= 4 is 75.7 Å². The summed E-state index contributed by atoms with van der Waals surface area (Å²) in [6, 6.07) is 88.5. The monoisotopic (exact) mass is 766 g/mol. The van der Waals surface area contributed by atoms with Gasteiger partial charge in [0.05, 0.1) is 0 Å². The van der Waals surface area contributed by atoms with E-state index in [-0.39, 0.29) is 0 Å². The summed E-state index contributed by atoms with van der Waals surface area (Å²) in [6.45, 7) is 0. The van der Waals surface area contributed by atoms with Gasteiger partial charge < -0.3 is 0 Å². The fourth-order valence-electron chi connectivity index (χ4n) is 8.04. The molecule has 0 N–H and O–H groups in total. The first-order chi connectivity index (χ1) is 27.3. The smallest absolute Gasteiger partial charge is 0.0602 e. The second kappa shape index (κ2) is 15.4. The summed E-state index contributed by atoms with van der Waals surface area (Å²) >= 11 is -3.41. The molecule has 3 heteroatoms. The van der Waals surface area contributed by atoms with Crippen molar-refractivity contribution in [3.8, 4) is 0 Å². The van der Waals surface area contributed by atoms with Crippen molar-refractivity contribution in [1.29, 1.82) is 0 Å². The van der Waals surface area contributed by atoms with E-state index < -0.39 is 13.3 Å². The minimum atomic E-state index is -3.41. The van der Waals surface area contributed by atoms with Crippen LogP contribution in [-0.4, -0.2) is 13.3 Å². The molecule has 0 bridgehead atoms. The number of hydrogen-bond donors (Lipinski definition) is 0. The molecule has 0 aliphatic heterocycles. The molecule has 9 aromatic rings. The Labute approximate surface area is 326 Å². The third kappa shape index (κ3) is 6.62. The third-order valence-electron chi connectivity index (χ3n) is 10.6. The van der Waals surface area contributed by atoms with Crippen LogP contribution in [0.2, 0.25) is 0 Å². The van der Waals surface area contributed by atoms with Crippen molar-refractivity contribution in [2.24, 2.45) is 0 Å². The van der Waals surface area contributed by atoms with Crippen LogP contribution in [0.25, 0.3) is 10.8 Å². The third-order valence-corrected chi connectivity index (χ3v) is 20.6. The maximum atomic E-state index is 2.40. The van der Waals surface area contributed by atoms with E-state index in [0.29, 0.717) is 0 Å². The van der Waals surface area contributed by atoms with Gasteiger partial charge in [-0.05, 0) is 0 Å². The minimum absolute atomic E-state index is 1.09. The van der Waals surface area contributed by atoms with Crippen LogP contribution in [-0.2, 0) is 0 Å². The van der Waals surface area contributed by atoms with Crippen LogP contribution in [0.4, 0.5) is 34.1 Å². The van der Waals surface area contributed by atoms with Gasteiger partial charge in [-0.1, -0.05) is 36.4 Å². The first-order valence-corrected chi connectivity index (χ1v) is 23.0. The fraction of sp³-hybridized carbons (Fsp3) is 0. The van der Waals surface area contributed by atoms with Crippen molar-refractivity contribution in [2.75, 3.05) is 9.80 Å². The van der Waals surface area contributed by atoms with Gasteiger partial charge in [-0.15, -0.1) is 0 Å². The number of rotatable bonds is 10. The van der Waals surface area contributed by atoms with E-state index in [2.05, 4.69) is 252 Å². The van der Waals surface area contributed by atoms with Crippen molar-refractivity contribution in [3.05, 3.63) is 243 Å². The normalized spacial score (nSPS) is 11.3. The summed E-state index contributed by atoms with van der Waals surface area (Å²) < 4.78 is 5.63. The topological polar surface area (TPSA) is 6.48 Å². The minimum Gasteiger partial charge on any atom is -0.0602 e. The van der Waals surface area contributed by atoms with Crippen molar-refractivity contribution in [1.82, 2.24) is 0 Å². The van der Waals surface area contributed by atoms with Gasteiger partial charge in [0.1, 0.15) is 0 Å². The molecule has 0 aromatic heterocycles. The predicted molar refractivity (Wildman–Crippen MR) is 237 cm³/mol. The summed E-state index contributed by atoms with van der Waals surface area (Å²) in [4.78, 5) is 4.69. The number of para-hydroxylation sites is 2. The van der Waals surface area contributed by atoms with E-state index in [1.807, 2.05) is 0 Å². The van der Waals surface area contributed by atoms with Crippen LogP contribution in [0, 0.1) is 0 Å². The molecule has 0 amide bonds. The van der Waals surface area contributed by atoms with Gasteiger partial charge >= 0.3 is 292 Å². The molecule has 9 aromatic carbocycles. The average molecular weight is 766 g/mol. The van der Waals surface area contributed by atoms with Crippen LogP contribution < -0.4 is 27.4 Å². The zero-order valence-corrected chi connectivity index (χ0v) is 32.6. The quantitative estimate of drug-likeness (QED) is 0.128. The van der Waals surface area contributed by atoms with E-state index >= 15 is 0 Å². The Morgan fingerprint density at radius 3 is 0.945 bits per heavy atom. The van der Waals surface area contributed by atoms with Crippen LogP contribution in [0.1, 0.15) is 0 Å². The Balaban J connectivity index is 1.19. The summed E-state index contributed by atoms with van der Waals surface area (Å²) in [5.41, 5.74) is 6.65. The second-order valence-electron chi connectivity index (χ2n) is 13.8. The Bertz CT molecular complexity index is 2480. The van der Waals surface area contributed by atoms with E-state index in [1.165, 1.54) is 28.4 Å². The van der Waals surface area contributed by atoms with Crippen molar-refractivity contribution in [3.63, 3.8) is 0 Å². The molecule has 0 aliphatic carbocycles. The number of nitrogens with zero attached hydrogens (tertiary/aromatic N) is 2. The number of hydrogen-bond acceptors (Lipinski definition) is 2. The van der Waals surface area contributed by atoms with Gasteiger partial charge in [0.25, 0.3) is 0 Å². The van der Waals surface area contributed by atoms with Crippen molar-refractivity contribution in [2.45, 2.75) is 0 Å². The average Bonchev–Trinajstić information content (AvgIpc) is 3.27. The molecule has 0 unspecified atom stereocenters. The second-order valence-corrected chi connectivity index (χ2v) is 21.8. The zero-order chi connectivity index (χ0) is 36.9. The molecule has 0 fully saturated rings. The molecular weight excluding hydrogens is 725 g/mol. The number of benzene rings is 9. The van der Waals surface area contributed by atoms with E-state index in [4.69, 9.17) is 0 Å². The van der Waals surface area contributed by atoms with Gasteiger partial charge in [0.2, 0.25) is 0 Å². The molecule has 0 saturated heterocycles. The summed E-state index contributed by atoms with van der Waals surface area (Å²) in [6.07, 6.45) is 0. The Hall–Kier alpha value is -6.62. The van der Waals surface area contributed by atoms with Gasteiger partial charge in [-0.2, -0.15) is 0 Å². The van der Waals surface area contributed by atoms with Crippen LogP contribution in [0.15, 0.2) is 243 Å². The molecule has 0 atom stereocenters. The molecule has 0 heterocycles. The molecule has 0 spiro atoms. The summed E-state index contributed by atoms with van der Waals surface area (Å²) in [5.74, 6) is 0. The molecule has 0 aliphatic rings. The van der Waals surface area contributed by atoms with E-state index in [1.54, 1.807) is 0 Å². The molecule has 0 saturated carbocycles. The van der Waals surface area contributed by atoms with Gasteiger partial charge in [0, 0.05) is 0 Å². The molecule has 55 heavy (non-hydrogen) atoms. The SMILES string of the molecule is c1ccc(N(c2ccccc2)c2ccc(N(c3cc[c]([Ge]([c]4ccccc4)([c]4ccccc4)[c]4ccccc4)cc3)c3ccc4ccccc4c3)cc2)cc1. The Kier molecular flexibility index (Phi) is 9.56. The fourth-order valence-corrected chi connectivity index (χ4v) is 18.0. The standard InChI is InChI=1S/C52H40GeN2/c1-6-20-43(21-7-1)53(44-22-8-2-9-23-44,45-24-10-3-11-25-45)46-31-34-49(35-32-46)55(52-33-30-41-18-16-17-19-42(41)40-52)51-38-36-50(37-39-51)54(47-26-12-4-13-27-47)48-28-14-5-15-29-48/h1-40H. The predicted octanol–water partition coefficient (Wildman–Crippen LogP) is 11.2. The molecule has 9 rings (SSSR count). The first-order valence-electron chi connectivity index (χ1n) is 18.9. The van der Waals surface area contributed by atoms with E-state index in [0.717, 1.165) is 34.1 Å². The van der Waals surface area contributed by atoms with Crippen LogP contribution >= 0.6 is 0 Å². The van der Waals surface area contributed by atoms with Gasteiger partial charge in [0.15, 0.2) is 0 Å². The molecular formula is C52H40GeN2. The van der Waals surface area contributed by atoms with Gasteiger partial charge in [-0.3, -0.25) is 0 Å². The number of anilines is 6. The zero-order valence-electron chi connectivity index (χ0n) is 30.5. The number of fused-ring (bicyclic) bond motifs is 1. The summed E-state index contributed by atoms with van der Waals surface area (Å²) in [5, 5.41) is 2.44. The summed E-state index contributed by atoms with van der Waals surface area (Å²) in [7, 11) is 0. The van der Waals surface area contributed by atoms with Crippen LogP contribution in [0.3, 0.4) is 0 Å².